The number of carbonyl (C=O) groups excluding carboxylic acids is 1. The van der Waals surface area contributed by atoms with Crippen molar-refractivity contribution in [1.29, 1.82) is 0 Å². The van der Waals surface area contributed by atoms with Crippen LogP contribution >= 0.6 is 0 Å². The SMILES string of the molecule is O=C(/C=C/c1cccc2cccnc12)NC(c1ccc2c(c1)OCCO2)C1CC1. The number of rotatable bonds is 5. The van der Waals surface area contributed by atoms with Crippen LogP contribution in [0.1, 0.15) is 30.0 Å². The van der Waals surface area contributed by atoms with Gasteiger partial charge >= 0.3 is 0 Å². The van der Waals surface area contributed by atoms with E-state index >= 15 is 0 Å². The number of para-hydroxylation sites is 1. The summed E-state index contributed by atoms with van der Waals surface area (Å²) in [6.07, 6.45) is 7.44. The summed E-state index contributed by atoms with van der Waals surface area (Å²) < 4.78 is 11.3. The highest BCUT2D eigenvalue weighted by Gasteiger charge is 2.33. The zero-order valence-corrected chi connectivity index (χ0v) is 16.0. The Morgan fingerprint density at radius 1 is 1.07 bits per heavy atom. The molecular formula is C24H22N2O3. The summed E-state index contributed by atoms with van der Waals surface area (Å²) in [4.78, 5) is 17.1. The molecule has 0 radical (unpaired) electrons. The van der Waals surface area contributed by atoms with Crippen LogP contribution in [0, 0.1) is 5.92 Å². The van der Waals surface area contributed by atoms with E-state index in [1.807, 2.05) is 54.6 Å². The van der Waals surface area contributed by atoms with Crippen molar-refractivity contribution in [1.82, 2.24) is 10.3 Å². The Kier molecular flexibility index (Phi) is 4.64. The standard InChI is InChI=1S/C24H22N2O3/c27-22(11-9-17-4-1-3-16-5-2-12-25-23(16)17)26-24(18-6-7-18)19-8-10-20-21(15-19)29-14-13-28-20/h1-5,8-12,15,18,24H,6-7,13-14H2,(H,26,27)/b11-9+. The van der Waals surface area contributed by atoms with Gasteiger partial charge in [-0.15, -0.1) is 0 Å². The predicted molar refractivity (Wildman–Crippen MR) is 112 cm³/mol. The summed E-state index contributed by atoms with van der Waals surface area (Å²) in [5, 5.41) is 4.24. The minimum absolute atomic E-state index is 0.0198. The number of nitrogens with zero attached hydrogens (tertiary/aromatic N) is 1. The Bertz CT molecular complexity index is 1080. The second kappa shape index (κ2) is 7.59. The molecule has 2 aliphatic rings. The molecule has 1 aliphatic heterocycles. The van der Waals surface area contributed by atoms with E-state index < -0.39 is 0 Å². The molecular weight excluding hydrogens is 364 g/mol. The fourth-order valence-corrected chi connectivity index (χ4v) is 3.79. The van der Waals surface area contributed by atoms with Gasteiger partial charge in [0.15, 0.2) is 11.5 Å². The lowest BCUT2D eigenvalue weighted by Crippen LogP contribution is -2.28. The fraction of sp³-hybridized carbons (Fsp3) is 0.250. The fourth-order valence-electron chi connectivity index (χ4n) is 3.79. The van der Waals surface area contributed by atoms with E-state index in [1.54, 1.807) is 12.3 Å². The Balaban J connectivity index is 1.35. The molecule has 29 heavy (non-hydrogen) atoms. The normalized spacial score (nSPS) is 16.7. The van der Waals surface area contributed by atoms with Crippen molar-refractivity contribution in [2.45, 2.75) is 18.9 Å². The van der Waals surface area contributed by atoms with Crippen LogP contribution in [0.2, 0.25) is 0 Å². The Labute approximate surface area is 169 Å². The molecule has 2 heterocycles. The molecule has 1 aromatic heterocycles. The van der Waals surface area contributed by atoms with Gasteiger partial charge < -0.3 is 14.8 Å². The van der Waals surface area contributed by atoms with Crippen molar-refractivity contribution in [3.8, 4) is 11.5 Å². The molecule has 2 aromatic carbocycles. The molecule has 0 saturated heterocycles. The van der Waals surface area contributed by atoms with Crippen molar-refractivity contribution >= 4 is 22.9 Å². The van der Waals surface area contributed by atoms with Gasteiger partial charge in [-0.2, -0.15) is 0 Å². The third kappa shape index (κ3) is 3.81. The molecule has 1 amide bonds. The maximum Gasteiger partial charge on any atom is 0.244 e. The number of pyridine rings is 1. The van der Waals surface area contributed by atoms with Crippen LogP contribution in [0.25, 0.3) is 17.0 Å². The average molecular weight is 386 g/mol. The van der Waals surface area contributed by atoms with E-state index in [9.17, 15) is 4.79 Å². The summed E-state index contributed by atoms with van der Waals surface area (Å²) >= 11 is 0. The lowest BCUT2D eigenvalue weighted by molar-refractivity contribution is -0.117. The highest BCUT2D eigenvalue weighted by atomic mass is 16.6. The zero-order valence-electron chi connectivity index (χ0n) is 16.0. The van der Waals surface area contributed by atoms with Crippen LogP contribution in [-0.4, -0.2) is 24.1 Å². The highest BCUT2D eigenvalue weighted by Crippen LogP contribution is 2.43. The number of ether oxygens (including phenoxy) is 2. The average Bonchev–Trinajstić information content (AvgIpc) is 3.61. The smallest absolute Gasteiger partial charge is 0.244 e. The molecule has 1 N–H and O–H groups in total. The topological polar surface area (TPSA) is 60.5 Å². The first-order valence-corrected chi connectivity index (χ1v) is 10.00. The van der Waals surface area contributed by atoms with E-state index in [4.69, 9.17) is 9.47 Å². The summed E-state index contributed by atoms with van der Waals surface area (Å²) in [5.41, 5.74) is 2.88. The second-order valence-corrected chi connectivity index (χ2v) is 7.48. The van der Waals surface area contributed by atoms with Gasteiger partial charge in [-0.05, 0) is 48.6 Å². The van der Waals surface area contributed by atoms with Gasteiger partial charge in [0.05, 0.1) is 11.6 Å². The van der Waals surface area contributed by atoms with Crippen LogP contribution in [-0.2, 0) is 4.79 Å². The molecule has 1 aliphatic carbocycles. The number of carbonyl (C=O) groups is 1. The Morgan fingerprint density at radius 2 is 1.90 bits per heavy atom. The van der Waals surface area contributed by atoms with Gasteiger partial charge in [-0.25, -0.2) is 0 Å². The summed E-state index contributed by atoms with van der Waals surface area (Å²) in [7, 11) is 0. The van der Waals surface area contributed by atoms with Gasteiger partial charge in [0, 0.05) is 23.2 Å². The predicted octanol–water partition coefficient (Wildman–Crippen LogP) is 4.29. The van der Waals surface area contributed by atoms with Crippen LogP contribution in [0.3, 0.4) is 0 Å². The first-order chi connectivity index (χ1) is 14.3. The molecule has 5 rings (SSSR count). The van der Waals surface area contributed by atoms with Gasteiger partial charge in [0.25, 0.3) is 0 Å². The number of fused-ring (bicyclic) bond motifs is 2. The summed E-state index contributed by atoms with van der Waals surface area (Å²) in [5.74, 6) is 1.88. The largest absolute Gasteiger partial charge is 0.486 e. The summed E-state index contributed by atoms with van der Waals surface area (Å²) in [6, 6.07) is 15.8. The second-order valence-electron chi connectivity index (χ2n) is 7.48. The minimum atomic E-state index is -0.107. The van der Waals surface area contributed by atoms with Crippen LogP contribution in [0.15, 0.2) is 60.8 Å². The van der Waals surface area contributed by atoms with Crippen LogP contribution in [0.4, 0.5) is 0 Å². The van der Waals surface area contributed by atoms with Crippen molar-refractivity contribution in [2.24, 2.45) is 5.92 Å². The molecule has 1 fully saturated rings. The minimum Gasteiger partial charge on any atom is -0.486 e. The van der Waals surface area contributed by atoms with E-state index in [0.717, 1.165) is 46.4 Å². The monoisotopic (exact) mass is 386 g/mol. The lowest BCUT2D eigenvalue weighted by atomic mass is 10.0. The van der Waals surface area contributed by atoms with Gasteiger partial charge in [0.1, 0.15) is 13.2 Å². The van der Waals surface area contributed by atoms with E-state index in [2.05, 4.69) is 10.3 Å². The van der Waals surface area contributed by atoms with Crippen molar-refractivity contribution in [2.75, 3.05) is 13.2 Å². The van der Waals surface area contributed by atoms with Crippen molar-refractivity contribution in [3.63, 3.8) is 0 Å². The molecule has 3 aromatic rings. The number of amides is 1. The molecule has 146 valence electrons. The Morgan fingerprint density at radius 3 is 2.76 bits per heavy atom. The lowest BCUT2D eigenvalue weighted by Gasteiger charge is -2.22. The van der Waals surface area contributed by atoms with Crippen LogP contribution < -0.4 is 14.8 Å². The Hall–Kier alpha value is -3.34. The first kappa shape index (κ1) is 17.7. The van der Waals surface area contributed by atoms with E-state index in [-0.39, 0.29) is 11.9 Å². The number of hydrogen-bond donors (Lipinski definition) is 1. The number of benzene rings is 2. The van der Waals surface area contributed by atoms with E-state index in [0.29, 0.717) is 19.1 Å². The molecule has 1 unspecified atom stereocenters. The number of aromatic nitrogens is 1. The van der Waals surface area contributed by atoms with Gasteiger partial charge in [-0.3, -0.25) is 9.78 Å². The van der Waals surface area contributed by atoms with Crippen molar-refractivity contribution in [3.05, 3.63) is 71.9 Å². The van der Waals surface area contributed by atoms with E-state index in [1.165, 1.54) is 0 Å². The van der Waals surface area contributed by atoms with Crippen LogP contribution in [0.5, 0.6) is 11.5 Å². The quantitative estimate of drug-likeness (QED) is 0.665. The maximum absolute atomic E-state index is 12.7. The van der Waals surface area contributed by atoms with Gasteiger partial charge in [-0.1, -0.05) is 30.3 Å². The molecule has 1 atom stereocenters. The first-order valence-electron chi connectivity index (χ1n) is 10.00. The summed E-state index contributed by atoms with van der Waals surface area (Å²) in [6.45, 7) is 1.13. The third-order valence-electron chi connectivity index (χ3n) is 5.39. The molecule has 5 nitrogen and oxygen atoms in total. The third-order valence-corrected chi connectivity index (χ3v) is 5.39. The highest BCUT2D eigenvalue weighted by molar-refractivity contribution is 5.95. The molecule has 0 spiro atoms. The van der Waals surface area contributed by atoms with Crippen molar-refractivity contribution < 1.29 is 14.3 Å². The molecule has 0 bridgehead atoms. The van der Waals surface area contributed by atoms with Gasteiger partial charge in [0.2, 0.25) is 5.91 Å². The number of nitrogens with one attached hydrogen (secondary N) is 1. The maximum atomic E-state index is 12.7. The number of hydrogen-bond acceptors (Lipinski definition) is 4. The molecule has 5 heteroatoms. The zero-order chi connectivity index (χ0) is 19.6. The molecule has 1 saturated carbocycles.